The summed E-state index contributed by atoms with van der Waals surface area (Å²) in [5, 5.41) is 0. The van der Waals surface area contributed by atoms with Crippen LogP contribution >= 0.6 is 0 Å². The molecule has 1 unspecified atom stereocenters. The molecule has 0 N–H and O–H groups in total. The highest BCUT2D eigenvalue weighted by Crippen LogP contribution is 2.25. The van der Waals surface area contributed by atoms with E-state index in [1.54, 1.807) is 30.3 Å². The van der Waals surface area contributed by atoms with Gasteiger partial charge in [0.1, 0.15) is 11.8 Å². The average Bonchev–Trinajstić information content (AvgIpc) is 2.78. The number of methoxy groups -OCH3 is 2. The minimum atomic E-state index is -4.12. The van der Waals surface area contributed by atoms with E-state index in [9.17, 15) is 21.6 Å². The molecule has 1 atom stereocenters. The van der Waals surface area contributed by atoms with Gasteiger partial charge in [0, 0.05) is 6.54 Å². The summed E-state index contributed by atoms with van der Waals surface area (Å²) in [7, 11) is -5.09. The molecular weight excluding hydrogens is 466 g/mol. The molecular formula is C23H31NO7S2. The van der Waals surface area contributed by atoms with Crippen LogP contribution in [0.15, 0.2) is 59.5 Å². The van der Waals surface area contributed by atoms with Gasteiger partial charge >= 0.3 is 5.97 Å². The maximum atomic E-state index is 13.5. The number of carbonyl (C=O) groups excluding carboxylic acids is 1. The van der Waals surface area contributed by atoms with Crippen molar-refractivity contribution in [1.82, 2.24) is 4.31 Å². The summed E-state index contributed by atoms with van der Waals surface area (Å²) < 4.78 is 63.4. The minimum absolute atomic E-state index is 0.0207. The highest BCUT2D eigenvalue weighted by Gasteiger charge is 2.37. The van der Waals surface area contributed by atoms with Gasteiger partial charge in [-0.05, 0) is 42.2 Å². The first-order valence-corrected chi connectivity index (χ1v) is 13.7. The van der Waals surface area contributed by atoms with Gasteiger partial charge < -0.3 is 9.47 Å². The quantitative estimate of drug-likeness (QED) is 0.415. The zero-order valence-corrected chi connectivity index (χ0v) is 20.9. The molecule has 0 saturated heterocycles. The molecule has 2 rings (SSSR count). The molecule has 0 aliphatic carbocycles. The van der Waals surface area contributed by atoms with Gasteiger partial charge in [-0.25, -0.2) is 16.8 Å². The Bertz CT molecular complexity index is 1110. The Morgan fingerprint density at radius 1 is 0.939 bits per heavy atom. The van der Waals surface area contributed by atoms with Gasteiger partial charge in [0.15, 0.2) is 9.84 Å². The van der Waals surface area contributed by atoms with Crippen molar-refractivity contribution in [2.24, 2.45) is 5.92 Å². The van der Waals surface area contributed by atoms with Crippen molar-refractivity contribution >= 4 is 25.8 Å². The molecule has 0 aliphatic rings. The molecule has 0 saturated carbocycles. The molecule has 0 amide bonds. The van der Waals surface area contributed by atoms with E-state index in [1.165, 1.54) is 31.4 Å². The van der Waals surface area contributed by atoms with E-state index >= 15 is 0 Å². The highest BCUT2D eigenvalue weighted by molar-refractivity contribution is 7.90. The fourth-order valence-electron chi connectivity index (χ4n) is 3.34. The lowest BCUT2D eigenvalue weighted by Crippen LogP contribution is -2.48. The number of esters is 1. The van der Waals surface area contributed by atoms with Crippen LogP contribution in [0.1, 0.15) is 25.8 Å². The van der Waals surface area contributed by atoms with Crippen molar-refractivity contribution in [3.8, 4) is 5.75 Å². The van der Waals surface area contributed by atoms with E-state index < -0.39 is 31.9 Å². The fourth-order valence-corrected chi connectivity index (χ4v) is 6.54. The zero-order chi connectivity index (χ0) is 24.6. The molecule has 0 bridgehead atoms. The highest BCUT2D eigenvalue weighted by atomic mass is 32.2. The van der Waals surface area contributed by atoms with Gasteiger partial charge in [-0.15, -0.1) is 0 Å². The molecule has 8 nitrogen and oxygen atoms in total. The maximum Gasteiger partial charge on any atom is 0.324 e. The number of hydrogen-bond donors (Lipinski definition) is 0. The second-order valence-electron chi connectivity index (χ2n) is 8.05. The molecule has 0 aromatic heterocycles. The molecule has 2 aromatic rings. The van der Waals surface area contributed by atoms with Gasteiger partial charge in [-0.3, -0.25) is 4.79 Å². The van der Waals surface area contributed by atoms with E-state index in [1.807, 2.05) is 13.8 Å². The first-order chi connectivity index (χ1) is 15.5. The van der Waals surface area contributed by atoms with Gasteiger partial charge in [0.05, 0.1) is 30.6 Å². The number of carbonyl (C=O) groups is 1. The lowest BCUT2D eigenvalue weighted by Gasteiger charge is -2.30. The predicted octanol–water partition coefficient (Wildman–Crippen LogP) is 2.89. The summed E-state index contributed by atoms with van der Waals surface area (Å²) in [6.45, 7) is 3.65. The lowest BCUT2D eigenvalue weighted by molar-refractivity contribution is -0.145. The monoisotopic (exact) mass is 497 g/mol. The van der Waals surface area contributed by atoms with E-state index in [0.29, 0.717) is 11.3 Å². The molecule has 0 spiro atoms. The topological polar surface area (TPSA) is 107 Å². The van der Waals surface area contributed by atoms with Gasteiger partial charge in [-0.2, -0.15) is 4.31 Å². The maximum absolute atomic E-state index is 13.5. The van der Waals surface area contributed by atoms with Crippen LogP contribution in [0.2, 0.25) is 0 Å². The van der Waals surface area contributed by atoms with Crippen molar-refractivity contribution in [1.29, 1.82) is 0 Å². The second kappa shape index (κ2) is 11.6. The molecule has 2 aromatic carbocycles. The fraction of sp³-hybridized carbons (Fsp3) is 0.435. The SMILES string of the molecule is COC(=O)C(CCS(=O)(=O)Cc1ccccc1)N(CC(C)C)S(=O)(=O)c1ccc(OC)cc1. The van der Waals surface area contributed by atoms with E-state index in [0.717, 1.165) is 11.4 Å². The summed E-state index contributed by atoms with van der Waals surface area (Å²) in [5.41, 5.74) is 0.622. The first kappa shape index (κ1) is 26.8. The van der Waals surface area contributed by atoms with Crippen molar-refractivity contribution in [3.05, 3.63) is 60.2 Å². The Kier molecular flexibility index (Phi) is 9.45. The molecule has 0 fully saturated rings. The van der Waals surface area contributed by atoms with Crippen molar-refractivity contribution in [2.75, 3.05) is 26.5 Å². The smallest absolute Gasteiger partial charge is 0.324 e. The third-order valence-corrected chi connectivity index (χ3v) is 8.48. The summed E-state index contributed by atoms with van der Waals surface area (Å²) in [6.07, 6.45) is -0.218. The Labute approximate surface area is 196 Å². The number of ether oxygens (including phenoxy) is 2. The van der Waals surface area contributed by atoms with Crippen LogP contribution in [-0.4, -0.2) is 59.7 Å². The Morgan fingerprint density at radius 2 is 1.55 bits per heavy atom. The number of nitrogens with zero attached hydrogens (tertiary/aromatic N) is 1. The Hall–Kier alpha value is -2.43. The van der Waals surface area contributed by atoms with E-state index in [4.69, 9.17) is 9.47 Å². The second-order valence-corrected chi connectivity index (χ2v) is 12.1. The third kappa shape index (κ3) is 7.55. The number of benzene rings is 2. The van der Waals surface area contributed by atoms with E-state index in [2.05, 4.69) is 0 Å². The van der Waals surface area contributed by atoms with Gasteiger partial charge in [0.2, 0.25) is 10.0 Å². The molecule has 33 heavy (non-hydrogen) atoms. The van der Waals surface area contributed by atoms with Gasteiger partial charge in [0.25, 0.3) is 0 Å². The summed E-state index contributed by atoms with van der Waals surface area (Å²) in [6, 6.07) is 13.2. The van der Waals surface area contributed by atoms with Crippen LogP contribution in [0.4, 0.5) is 0 Å². The van der Waals surface area contributed by atoms with Crippen molar-refractivity contribution in [2.45, 2.75) is 37.0 Å². The number of sulfone groups is 1. The molecule has 10 heteroatoms. The van der Waals surface area contributed by atoms with Crippen molar-refractivity contribution < 1.29 is 31.1 Å². The van der Waals surface area contributed by atoms with Crippen molar-refractivity contribution in [3.63, 3.8) is 0 Å². The standard InChI is InChI=1S/C23H31NO7S2/c1-18(2)16-24(33(28,29)21-12-10-20(30-3)11-13-21)22(23(25)31-4)14-15-32(26,27)17-19-8-6-5-7-9-19/h5-13,18,22H,14-17H2,1-4H3. The van der Waals surface area contributed by atoms with Crippen LogP contribution in [0, 0.1) is 5.92 Å². The van der Waals surface area contributed by atoms with Crippen LogP contribution in [0.3, 0.4) is 0 Å². The number of sulfonamides is 1. The largest absolute Gasteiger partial charge is 0.497 e. The normalized spacial score (nSPS) is 13.2. The summed E-state index contributed by atoms with van der Waals surface area (Å²) in [4.78, 5) is 12.6. The van der Waals surface area contributed by atoms with Crippen LogP contribution in [-0.2, 0) is 35.1 Å². The minimum Gasteiger partial charge on any atom is -0.497 e. The molecule has 0 aliphatic heterocycles. The zero-order valence-electron chi connectivity index (χ0n) is 19.3. The third-order valence-electron chi connectivity index (χ3n) is 4.96. The summed E-state index contributed by atoms with van der Waals surface area (Å²) >= 11 is 0. The molecule has 182 valence electrons. The summed E-state index contributed by atoms with van der Waals surface area (Å²) in [5.74, 6) is -0.999. The van der Waals surface area contributed by atoms with Crippen LogP contribution < -0.4 is 4.74 Å². The van der Waals surface area contributed by atoms with E-state index in [-0.39, 0.29) is 35.3 Å². The van der Waals surface area contributed by atoms with Gasteiger partial charge in [-0.1, -0.05) is 44.2 Å². The predicted molar refractivity (Wildman–Crippen MR) is 126 cm³/mol. The lowest BCUT2D eigenvalue weighted by atomic mass is 10.1. The Balaban J connectivity index is 2.35. The number of rotatable bonds is 12. The average molecular weight is 498 g/mol. The molecule has 0 heterocycles. The Morgan fingerprint density at radius 3 is 2.06 bits per heavy atom. The number of hydrogen-bond acceptors (Lipinski definition) is 7. The first-order valence-electron chi connectivity index (χ1n) is 10.5. The molecule has 0 radical (unpaired) electrons. The van der Waals surface area contributed by atoms with Crippen LogP contribution in [0.25, 0.3) is 0 Å². The van der Waals surface area contributed by atoms with Crippen LogP contribution in [0.5, 0.6) is 5.75 Å².